The minimum atomic E-state index is -0.195. The number of halogens is 1. The Balaban J connectivity index is 1.33. The molecule has 2 aromatic heterocycles. The summed E-state index contributed by atoms with van der Waals surface area (Å²) in [5.74, 6) is 2.14. The molecule has 0 unspecified atom stereocenters. The van der Waals surface area contributed by atoms with Gasteiger partial charge in [0.25, 0.3) is 5.91 Å². The molecule has 9 heteroatoms. The molecule has 1 aliphatic carbocycles. The number of ether oxygens (including phenoxy) is 1. The molecule has 3 aromatic rings. The Bertz CT molecular complexity index is 1150. The van der Waals surface area contributed by atoms with Gasteiger partial charge in [-0.1, -0.05) is 17.7 Å². The van der Waals surface area contributed by atoms with Gasteiger partial charge in [0.15, 0.2) is 0 Å². The zero-order valence-electron chi connectivity index (χ0n) is 19.6. The van der Waals surface area contributed by atoms with Crippen LogP contribution in [0.4, 0.5) is 11.8 Å². The monoisotopic (exact) mass is 480 g/mol. The number of benzene rings is 1. The molecular weight excluding hydrogens is 452 g/mol. The molecule has 1 fully saturated rings. The maximum absolute atomic E-state index is 13.0. The fourth-order valence-electron chi connectivity index (χ4n) is 4.07. The van der Waals surface area contributed by atoms with E-state index in [1.807, 2.05) is 32.1 Å². The van der Waals surface area contributed by atoms with Crippen LogP contribution in [0.15, 0.2) is 48.8 Å². The minimum absolute atomic E-state index is 0.0843. The van der Waals surface area contributed by atoms with Crippen LogP contribution in [-0.2, 0) is 0 Å². The van der Waals surface area contributed by atoms with Crippen LogP contribution in [0, 0.1) is 6.92 Å². The molecule has 8 nitrogen and oxygen atoms in total. The third kappa shape index (κ3) is 5.94. The van der Waals surface area contributed by atoms with E-state index in [2.05, 4.69) is 25.6 Å². The van der Waals surface area contributed by atoms with Crippen LogP contribution >= 0.6 is 11.6 Å². The van der Waals surface area contributed by atoms with Crippen molar-refractivity contribution < 1.29 is 9.53 Å². The summed E-state index contributed by atoms with van der Waals surface area (Å²) in [4.78, 5) is 28.3. The van der Waals surface area contributed by atoms with E-state index >= 15 is 0 Å². The van der Waals surface area contributed by atoms with Gasteiger partial charge in [-0.25, -0.2) is 9.97 Å². The zero-order chi connectivity index (χ0) is 24.1. The second-order valence-corrected chi connectivity index (χ2v) is 9.11. The summed E-state index contributed by atoms with van der Waals surface area (Å²) in [6.07, 6.45) is 6.99. The molecule has 0 atom stereocenters. The van der Waals surface area contributed by atoms with Crippen molar-refractivity contribution in [3.63, 3.8) is 0 Å². The summed E-state index contributed by atoms with van der Waals surface area (Å²) in [5, 5.41) is 7.14. The maximum Gasteiger partial charge on any atom is 0.257 e. The molecule has 1 amide bonds. The van der Waals surface area contributed by atoms with Crippen LogP contribution in [-0.4, -0.2) is 47.0 Å². The Kier molecular flexibility index (Phi) is 7.47. The lowest BCUT2D eigenvalue weighted by Crippen LogP contribution is -2.40. The molecule has 34 heavy (non-hydrogen) atoms. The van der Waals surface area contributed by atoms with E-state index in [0.717, 1.165) is 37.1 Å². The van der Waals surface area contributed by atoms with Crippen LogP contribution in [0.2, 0.25) is 5.02 Å². The van der Waals surface area contributed by atoms with E-state index in [-0.39, 0.29) is 23.9 Å². The number of carbonyl (C=O) groups excluding carboxylic acids is 1. The molecule has 4 rings (SSSR count). The first kappa shape index (κ1) is 23.8. The number of hydrogen-bond acceptors (Lipinski definition) is 7. The van der Waals surface area contributed by atoms with Crippen molar-refractivity contribution in [1.82, 2.24) is 20.3 Å². The van der Waals surface area contributed by atoms with Crippen molar-refractivity contribution >= 4 is 29.3 Å². The molecular formula is C25H29ClN6O2. The standard InChI is InChI=1S/C25H29ClN6O2/c1-16-15-28-25(31-22(16)32(2)3)30-19-11-9-18(10-12-19)29-23(33)21-8-5-13-27-24(21)34-20-7-4-6-17(26)14-20/h4-8,13-15,18-19H,9-12H2,1-3H3,(H,29,33)(H,28,30,31)/t18-,19+. The van der Waals surface area contributed by atoms with Gasteiger partial charge < -0.3 is 20.3 Å². The molecule has 1 saturated carbocycles. The van der Waals surface area contributed by atoms with Crippen LogP contribution in [0.25, 0.3) is 0 Å². The van der Waals surface area contributed by atoms with Gasteiger partial charge in [-0.05, 0) is 62.9 Å². The zero-order valence-corrected chi connectivity index (χ0v) is 20.3. The van der Waals surface area contributed by atoms with E-state index in [0.29, 0.717) is 22.3 Å². The average molecular weight is 481 g/mol. The smallest absolute Gasteiger partial charge is 0.257 e. The first-order chi connectivity index (χ1) is 16.4. The lowest BCUT2D eigenvalue weighted by atomic mass is 9.91. The molecule has 2 heterocycles. The number of aromatic nitrogens is 3. The van der Waals surface area contributed by atoms with Crippen molar-refractivity contribution in [3.05, 3.63) is 64.9 Å². The largest absolute Gasteiger partial charge is 0.438 e. The van der Waals surface area contributed by atoms with E-state index in [4.69, 9.17) is 16.3 Å². The molecule has 0 aliphatic heterocycles. The van der Waals surface area contributed by atoms with Gasteiger partial charge in [-0.2, -0.15) is 4.98 Å². The molecule has 178 valence electrons. The van der Waals surface area contributed by atoms with E-state index in [9.17, 15) is 4.79 Å². The number of rotatable bonds is 7. The summed E-state index contributed by atoms with van der Waals surface area (Å²) < 4.78 is 5.84. The van der Waals surface area contributed by atoms with Gasteiger partial charge in [-0.15, -0.1) is 0 Å². The summed E-state index contributed by atoms with van der Waals surface area (Å²) in [7, 11) is 3.95. The Morgan fingerprint density at radius 2 is 1.85 bits per heavy atom. The highest BCUT2D eigenvalue weighted by molar-refractivity contribution is 6.30. The van der Waals surface area contributed by atoms with Gasteiger partial charge in [0.05, 0.1) is 0 Å². The maximum atomic E-state index is 13.0. The van der Waals surface area contributed by atoms with Crippen LogP contribution < -0.4 is 20.3 Å². The van der Waals surface area contributed by atoms with Crippen molar-refractivity contribution in [2.24, 2.45) is 0 Å². The number of pyridine rings is 1. The fraction of sp³-hybridized carbons (Fsp3) is 0.360. The van der Waals surface area contributed by atoms with Crippen molar-refractivity contribution in [1.29, 1.82) is 0 Å². The second-order valence-electron chi connectivity index (χ2n) is 8.68. The topological polar surface area (TPSA) is 92.3 Å². The van der Waals surface area contributed by atoms with Gasteiger partial charge in [0.2, 0.25) is 11.8 Å². The summed E-state index contributed by atoms with van der Waals surface area (Å²) in [5.41, 5.74) is 1.43. The number of anilines is 2. The van der Waals surface area contributed by atoms with Crippen molar-refractivity contribution in [3.8, 4) is 11.6 Å². The van der Waals surface area contributed by atoms with Crippen LogP contribution in [0.5, 0.6) is 11.6 Å². The van der Waals surface area contributed by atoms with Gasteiger partial charge >= 0.3 is 0 Å². The van der Waals surface area contributed by atoms with E-state index in [1.54, 1.807) is 42.6 Å². The first-order valence-corrected chi connectivity index (χ1v) is 11.7. The Labute approximate surface area is 204 Å². The molecule has 0 saturated heterocycles. The number of nitrogens with one attached hydrogen (secondary N) is 2. The quantitative estimate of drug-likeness (QED) is 0.499. The molecule has 2 N–H and O–H groups in total. The predicted octanol–water partition coefficient (Wildman–Crippen LogP) is 4.84. The van der Waals surface area contributed by atoms with Crippen molar-refractivity contribution in [2.75, 3.05) is 24.3 Å². The van der Waals surface area contributed by atoms with Gasteiger partial charge in [-0.3, -0.25) is 4.79 Å². The Morgan fingerprint density at radius 3 is 2.59 bits per heavy atom. The van der Waals surface area contributed by atoms with Gasteiger partial charge in [0.1, 0.15) is 17.1 Å². The van der Waals surface area contributed by atoms with Crippen LogP contribution in [0.1, 0.15) is 41.6 Å². The number of aryl methyl sites for hydroxylation is 1. The number of hydrogen-bond donors (Lipinski definition) is 2. The number of amides is 1. The Hall–Kier alpha value is -3.39. The van der Waals surface area contributed by atoms with E-state index in [1.165, 1.54) is 0 Å². The van der Waals surface area contributed by atoms with Gasteiger partial charge in [0, 0.05) is 49.2 Å². The normalized spacial score (nSPS) is 17.6. The minimum Gasteiger partial charge on any atom is -0.438 e. The molecule has 1 aliphatic rings. The molecule has 0 spiro atoms. The number of nitrogens with zero attached hydrogens (tertiary/aromatic N) is 4. The highest BCUT2D eigenvalue weighted by atomic mass is 35.5. The molecule has 1 aromatic carbocycles. The highest BCUT2D eigenvalue weighted by Gasteiger charge is 2.25. The molecule has 0 bridgehead atoms. The molecule has 0 radical (unpaired) electrons. The third-order valence-electron chi connectivity index (χ3n) is 5.79. The summed E-state index contributed by atoms with van der Waals surface area (Å²) in [6, 6.07) is 10.8. The summed E-state index contributed by atoms with van der Waals surface area (Å²) >= 11 is 6.04. The van der Waals surface area contributed by atoms with Crippen molar-refractivity contribution in [2.45, 2.75) is 44.7 Å². The fourth-order valence-corrected chi connectivity index (χ4v) is 4.25. The predicted molar refractivity (Wildman–Crippen MR) is 134 cm³/mol. The van der Waals surface area contributed by atoms with Crippen LogP contribution in [0.3, 0.4) is 0 Å². The van der Waals surface area contributed by atoms with E-state index < -0.39 is 0 Å². The Morgan fingerprint density at radius 1 is 1.09 bits per heavy atom. The average Bonchev–Trinajstić information content (AvgIpc) is 2.82. The lowest BCUT2D eigenvalue weighted by molar-refractivity contribution is 0.0923. The SMILES string of the molecule is Cc1cnc(N[C@H]2CC[C@@H](NC(=O)c3cccnc3Oc3cccc(Cl)c3)CC2)nc1N(C)C. The third-order valence-corrected chi connectivity index (χ3v) is 6.03. The lowest BCUT2D eigenvalue weighted by Gasteiger charge is -2.30. The number of carbonyl (C=O) groups is 1. The first-order valence-electron chi connectivity index (χ1n) is 11.4. The summed E-state index contributed by atoms with van der Waals surface area (Å²) in [6.45, 7) is 2.00. The highest BCUT2D eigenvalue weighted by Crippen LogP contribution is 2.27. The second kappa shape index (κ2) is 10.7.